The van der Waals surface area contributed by atoms with Crippen molar-refractivity contribution >= 4 is 38.8 Å². The molecule has 2 aliphatic heterocycles. The normalized spacial score (nSPS) is 16.2. The van der Waals surface area contributed by atoms with Gasteiger partial charge >= 0.3 is 5.97 Å². The second kappa shape index (κ2) is 11.0. The highest BCUT2D eigenvalue weighted by Gasteiger charge is 2.31. The molecule has 0 saturated heterocycles. The molecule has 0 unspecified atom stereocenters. The van der Waals surface area contributed by atoms with Crippen molar-refractivity contribution in [2.45, 2.75) is 30.6 Å². The maximum Gasteiger partial charge on any atom is 0.309 e. The summed E-state index contributed by atoms with van der Waals surface area (Å²) in [6, 6.07) is 12.2. The molecule has 0 fully saturated rings. The van der Waals surface area contributed by atoms with Gasteiger partial charge in [-0.15, -0.1) is 0 Å². The molecule has 3 aromatic rings. The standard InChI is InChI=1S/C28H29FN4O5S/c1-37-21-8-6-19(7-9-21)20-11-13-33(14-12-20)28-31-24-4-3-15-39(35,36)26(24)27(32-28)30-23-10-5-18(16-22(23)29)17-25(34)38-2/h5-11,16H,3-4,12-15,17H2,1-2H3,(H,30,31,32). The minimum absolute atomic E-state index is 0.0158. The number of methoxy groups -OCH3 is 2. The van der Waals surface area contributed by atoms with E-state index in [0.29, 0.717) is 43.1 Å². The first-order valence-electron chi connectivity index (χ1n) is 12.6. The maximum atomic E-state index is 15.0. The fourth-order valence-electron chi connectivity index (χ4n) is 4.79. The van der Waals surface area contributed by atoms with Crippen molar-refractivity contribution < 1.29 is 27.1 Å². The first kappa shape index (κ1) is 26.6. The van der Waals surface area contributed by atoms with Gasteiger partial charge in [-0.2, -0.15) is 4.98 Å². The van der Waals surface area contributed by atoms with Crippen LogP contribution >= 0.6 is 0 Å². The molecule has 2 aliphatic rings. The molecule has 0 saturated carbocycles. The highest BCUT2D eigenvalue weighted by Crippen LogP contribution is 2.35. The number of nitrogens with zero attached hydrogens (tertiary/aromatic N) is 3. The van der Waals surface area contributed by atoms with Gasteiger partial charge in [-0.25, -0.2) is 17.8 Å². The molecular formula is C28H29FN4O5S. The van der Waals surface area contributed by atoms with E-state index in [1.807, 2.05) is 29.2 Å². The molecule has 0 bridgehead atoms. The molecule has 11 heteroatoms. The number of nitrogens with one attached hydrogen (secondary N) is 1. The summed E-state index contributed by atoms with van der Waals surface area (Å²) in [5.41, 5.74) is 3.23. The van der Waals surface area contributed by atoms with Gasteiger partial charge in [0.25, 0.3) is 0 Å². The number of esters is 1. The molecule has 39 heavy (non-hydrogen) atoms. The van der Waals surface area contributed by atoms with Crippen LogP contribution in [0.25, 0.3) is 5.57 Å². The summed E-state index contributed by atoms with van der Waals surface area (Å²) in [6.45, 7) is 1.18. The zero-order chi connectivity index (χ0) is 27.6. The van der Waals surface area contributed by atoms with Crippen LogP contribution in [0, 0.1) is 5.82 Å². The Morgan fingerprint density at radius 2 is 1.90 bits per heavy atom. The van der Waals surface area contributed by atoms with Crippen LogP contribution in [0.4, 0.5) is 21.8 Å². The number of aromatic nitrogens is 2. The molecule has 1 N–H and O–H groups in total. The fraction of sp³-hybridized carbons (Fsp3) is 0.321. The topological polar surface area (TPSA) is 111 Å². The van der Waals surface area contributed by atoms with Gasteiger partial charge in [0.1, 0.15) is 16.5 Å². The molecule has 204 valence electrons. The van der Waals surface area contributed by atoms with Crippen molar-refractivity contribution in [3.8, 4) is 5.75 Å². The van der Waals surface area contributed by atoms with E-state index in [0.717, 1.165) is 17.7 Å². The summed E-state index contributed by atoms with van der Waals surface area (Å²) >= 11 is 0. The summed E-state index contributed by atoms with van der Waals surface area (Å²) in [6.07, 6.45) is 3.74. The van der Waals surface area contributed by atoms with E-state index in [4.69, 9.17) is 4.74 Å². The van der Waals surface area contributed by atoms with E-state index in [1.165, 1.54) is 24.8 Å². The second-order valence-corrected chi connectivity index (χ2v) is 11.5. The molecule has 3 heterocycles. The summed E-state index contributed by atoms with van der Waals surface area (Å²) in [7, 11) is -0.743. The largest absolute Gasteiger partial charge is 0.497 e. The van der Waals surface area contributed by atoms with Crippen LogP contribution in [-0.4, -0.2) is 57.4 Å². The van der Waals surface area contributed by atoms with Crippen LogP contribution in [0.15, 0.2) is 53.4 Å². The number of ether oxygens (including phenoxy) is 2. The second-order valence-electron chi connectivity index (χ2n) is 9.42. The van der Waals surface area contributed by atoms with Gasteiger partial charge in [-0.3, -0.25) is 4.79 Å². The molecule has 2 aromatic carbocycles. The van der Waals surface area contributed by atoms with Crippen molar-refractivity contribution in [3.05, 3.63) is 71.2 Å². The van der Waals surface area contributed by atoms with Crippen LogP contribution in [0.5, 0.6) is 5.75 Å². The van der Waals surface area contributed by atoms with E-state index in [-0.39, 0.29) is 28.6 Å². The van der Waals surface area contributed by atoms with Crippen molar-refractivity contribution in [2.24, 2.45) is 0 Å². The number of carbonyl (C=O) groups is 1. The van der Waals surface area contributed by atoms with Crippen LogP contribution in [0.2, 0.25) is 0 Å². The lowest BCUT2D eigenvalue weighted by Gasteiger charge is -2.29. The molecule has 9 nitrogen and oxygen atoms in total. The Morgan fingerprint density at radius 3 is 2.56 bits per heavy atom. The summed E-state index contributed by atoms with van der Waals surface area (Å²) in [5.74, 6) is 0.101. The number of hydrogen-bond donors (Lipinski definition) is 1. The highest BCUT2D eigenvalue weighted by atomic mass is 32.2. The first-order chi connectivity index (χ1) is 18.8. The van der Waals surface area contributed by atoms with E-state index < -0.39 is 21.6 Å². The molecule has 0 radical (unpaired) electrons. The number of benzene rings is 2. The Morgan fingerprint density at radius 1 is 1.10 bits per heavy atom. The van der Waals surface area contributed by atoms with Gasteiger partial charge in [0.2, 0.25) is 5.95 Å². The van der Waals surface area contributed by atoms with Gasteiger partial charge in [-0.1, -0.05) is 24.3 Å². The van der Waals surface area contributed by atoms with Gasteiger partial charge < -0.3 is 19.7 Å². The Labute approximate surface area is 226 Å². The van der Waals surface area contributed by atoms with Crippen LogP contribution in [0.3, 0.4) is 0 Å². The third-order valence-electron chi connectivity index (χ3n) is 6.88. The molecule has 0 amide bonds. The zero-order valence-electron chi connectivity index (χ0n) is 21.7. The Hall–Kier alpha value is -3.99. The molecule has 1 aromatic heterocycles. The van der Waals surface area contributed by atoms with Crippen LogP contribution in [0.1, 0.15) is 29.7 Å². The number of fused-ring (bicyclic) bond motifs is 1. The SMILES string of the molecule is COC(=O)Cc1ccc(Nc2nc(N3CC=C(c4ccc(OC)cc4)CC3)nc3c2S(=O)(=O)CCC3)c(F)c1. The number of hydrogen-bond acceptors (Lipinski definition) is 9. The minimum atomic E-state index is -3.64. The fourth-order valence-corrected chi connectivity index (χ4v) is 6.42. The monoisotopic (exact) mass is 552 g/mol. The van der Waals surface area contributed by atoms with Crippen LogP contribution < -0.4 is 15.0 Å². The third-order valence-corrected chi connectivity index (χ3v) is 8.75. The quantitative estimate of drug-likeness (QED) is 0.433. The van der Waals surface area contributed by atoms with Crippen molar-refractivity contribution in [1.82, 2.24) is 9.97 Å². The summed E-state index contributed by atoms with van der Waals surface area (Å²) in [4.78, 5) is 22.8. The molecule has 5 rings (SSSR count). The maximum absolute atomic E-state index is 15.0. The Balaban J connectivity index is 1.45. The molecule has 0 atom stereocenters. The lowest BCUT2D eigenvalue weighted by molar-refractivity contribution is -0.139. The molecular weight excluding hydrogens is 523 g/mol. The van der Waals surface area contributed by atoms with Gasteiger partial charge in [0.05, 0.1) is 37.8 Å². The van der Waals surface area contributed by atoms with Crippen molar-refractivity contribution in [1.29, 1.82) is 0 Å². The Bertz CT molecular complexity index is 1540. The van der Waals surface area contributed by atoms with Crippen LogP contribution in [-0.2, 0) is 32.2 Å². The number of anilines is 3. The van der Waals surface area contributed by atoms with E-state index in [9.17, 15) is 17.6 Å². The number of halogens is 1. The number of aryl methyl sites for hydroxylation is 1. The highest BCUT2D eigenvalue weighted by molar-refractivity contribution is 7.91. The number of rotatable bonds is 7. The number of carbonyl (C=O) groups excluding carboxylic acids is 1. The molecule has 0 spiro atoms. The zero-order valence-corrected chi connectivity index (χ0v) is 22.6. The van der Waals surface area contributed by atoms with E-state index >= 15 is 0 Å². The van der Waals surface area contributed by atoms with Gasteiger partial charge in [0.15, 0.2) is 15.7 Å². The lowest BCUT2D eigenvalue weighted by Crippen LogP contribution is -2.31. The third kappa shape index (κ3) is 5.73. The van der Waals surface area contributed by atoms with E-state index in [1.54, 1.807) is 13.2 Å². The van der Waals surface area contributed by atoms with Gasteiger partial charge in [-0.05, 0) is 60.2 Å². The first-order valence-corrected chi connectivity index (χ1v) is 14.3. The minimum Gasteiger partial charge on any atom is -0.497 e. The van der Waals surface area contributed by atoms with Gasteiger partial charge in [0, 0.05) is 13.1 Å². The molecule has 0 aliphatic carbocycles. The smallest absolute Gasteiger partial charge is 0.309 e. The summed E-state index contributed by atoms with van der Waals surface area (Å²) in [5, 5.41) is 2.90. The average molecular weight is 553 g/mol. The number of sulfone groups is 1. The average Bonchev–Trinajstić information content (AvgIpc) is 2.94. The predicted molar refractivity (Wildman–Crippen MR) is 146 cm³/mol. The van der Waals surface area contributed by atoms with E-state index in [2.05, 4.69) is 26.1 Å². The lowest BCUT2D eigenvalue weighted by atomic mass is 9.99. The Kier molecular flexibility index (Phi) is 7.51. The van der Waals surface area contributed by atoms with Crippen molar-refractivity contribution in [3.63, 3.8) is 0 Å². The predicted octanol–water partition coefficient (Wildman–Crippen LogP) is 4.10. The summed E-state index contributed by atoms with van der Waals surface area (Å²) < 4.78 is 50.9. The van der Waals surface area contributed by atoms with Crippen molar-refractivity contribution in [2.75, 3.05) is 43.3 Å².